The molecule has 0 bridgehead atoms. The minimum atomic E-state index is -0.684. The molecule has 0 amide bonds. The molecule has 0 aliphatic rings. The maximum absolute atomic E-state index is 13.4. The lowest BCUT2D eigenvalue weighted by molar-refractivity contribution is -0.385. The number of hydrogen-bond donors (Lipinski definition) is 1. The van der Waals surface area contributed by atoms with Gasteiger partial charge in [-0.2, -0.15) is 0 Å². The van der Waals surface area contributed by atoms with Crippen molar-refractivity contribution in [3.63, 3.8) is 0 Å². The topological polar surface area (TPSA) is 81.5 Å². The summed E-state index contributed by atoms with van der Waals surface area (Å²) in [5.41, 5.74) is -0.399. The van der Waals surface area contributed by atoms with E-state index in [0.717, 1.165) is 6.07 Å². The number of nitrogens with zero attached hydrogens (tertiary/aromatic N) is 1. The van der Waals surface area contributed by atoms with Crippen LogP contribution in [0.3, 0.4) is 0 Å². The number of hydrogen-bond acceptors (Lipinski definition) is 5. The lowest BCUT2D eigenvalue weighted by Gasteiger charge is -2.05. The largest absolute Gasteiger partial charge is 0.468 e. The summed E-state index contributed by atoms with van der Waals surface area (Å²) in [7, 11) is 1.22. The van der Waals surface area contributed by atoms with Crippen LogP contribution in [-0.2, 0) is 16.1 Å². The van der Waals surface area contributed by atoms with Gasteiger partial charge < -0.3 is 10.1 Å². The van der Waals surface area contributed by atoms with Crippen molar-refractivity contribution in [3.05, 3.63) is 39.7 Å². The van der Waals surface area contributed by atoms with Crippen LogP contribution < -0.4 is 5.32 Å². The number of ether oxygens (including phenoxy) is 1. The van der Waals surface area contributed by atoms with E-state index in [1.54, 1.807) is 0 Å². The van der Waals surface area contributed by atoms with Crippen molar-refractivity contribution >= 4 is 11.7 Å². The van der Waals surface area contributed by atoms with Crippen LogP contribution in [0, 0.1) is 15.9 Å². The second kappa shape index (κ2) is 5.90. The first kappa shape index (κ1) is 13.0. The number of halogens is 1. The highest BCUT2D eigenvalue weighted by Crippen LogP contribution is 2.20. The minimum Gasteiger partial charge on any atom is -0.468 e. The van der Waals surface area contributed by atoms with E-state index in [0.29, 0.717) is 0 Å². The Morgan fingerprint density at radius 2 is 2.29 bits per heavy atom. The Balaban J connectivity index is 2.76. The molecule has 0 fully saturated rings. The summed E-state index contributed by atoms with van der Waals surface area (Å²) in [4.78, 5) is 20.8. The number of nitro benzene ring substituents is 1. The second-order valence-electron chi connectivity index (χ2n) is 3.17. The van der Waals surface area contributed by atoms with E-state index in [-0.39, 0.29) is 24.3 Å². The Morgan fingerprint density at radius 3 is 2.88 bits per heavy atom. The third-order valence-electron chi connectivity index (χ3n) is 2.09. The lowest BCUT2D eigenvalue weighted by Crippen LogP contribution is -2.24. The molecule has 0 spiro atoms. The molecule has 1 aromatic carbocycles. The summed E-state index contributed by atoms with van der Waals surface area (Å²) in [5.74, 6) is -1.21. The van der Waals surface area contributed by atoms with E-state index in [1.807, 2.05) is 0 Å². The summed E-state index contributed by atoms with van der Waals surface area (Å²) in [5, 5.41) is 13.2. The first-order valence-corrected chi connectivity index (χ1v) is 4.75. The zero-order valence-corrected chi connectivity index (χ0v) is 9.10. The highest BCUT2D eigenvalue weighted by Gasteiger charge is 2.17. The monoisotopic (exact) mass is 242 g/mol. The lowest BCUT2D eigenvalue weighted by atomic mass is 10.1. The fraction of sp³-hybridized carbons (Fsp3) is 0.300. The van der Waals surface area contributed by atoms with Crippen LogP contribution in [-0.4, -0.2) is 24.5 Å². The van der Waals surface area contributed by atoms with Gasteiger partial charge in [0.2, 0.25) is 0 Å². The number of nitrogens with one attached hydrogen (secondary N) is 1. The van der Waals surface area contributed by atoms with Gasteiger partial charge in [-0.3, -0.25) is 14.9 Å². The fourth-order valence-electron chi connectivity index (χ4n) is 1.26. The molecule has 17 heavy (non-hydrogen) atoms. The van der Waals surface area contributed by atoms with Gasteiger partial charge in [0.25, 0.3) is 5.69 Å². The number of nitro groups is 1. The van der Waals surface area contributed by atoms with Crippen LogP contribution in [0.4, 0.5) is 10.1 Å². The zero-order chi connectivity index (χ0) is 12.8. The Labute approximate surface area is 96.5 Å². The van der Waals surface area contributed by atoms with Crippen molar-refractivity contribution in [3.8, 4) is 0 Å². The molecule has 6 nitrogen and oxygen atoms in total. The first-order valence-electron chi connectivity index (χ1n) is 4.75. The van der Waals surface area contributed by atoms with Gasteiger partial charge in [-0.25, -0.2) is 4.39 Å². The average molecular weight is 242 g/mol. The quantitative estimate of drug-likeness (QED) is 0.473. The Bertz CT molecular complexity index is 436. The molecule has 0 saturated carbocycles. The SMILES string of the molecule is COC(=O)CNCc1c(F)cccc1[N+](=O)[O-]. The molecule has 0 heterocycles. The van der Waals surface area contributed by atoms with Gasteiger partial charge in [0.15, 0.2) is 0 Å². The van der Waals surface area contributed by atoms with Gasteiger partial charge in [-0.1, -0.05) is 6.07 Å². The minimum absolute atomic E-state index is 0.0820. The second-order valence-corrected chi connectivity index (χ2v) is 3.17. The summed E-state index contributed by atoms with van der Waals surface area (Å²) in [6, 6.07) is 3.59. The van der Waals surface area contributed by atoms with Crippen LogP contribution in [0.2, 0.25) is 0 Å². The molecular formula is C10H11FN2O4. The van der Waals surface area contributed by atoms with E-state index in [1.165, 1.54) is 19.2 Å². The third-order valence-corrected chi connectivity index (χ3v) is 2.09. The van der Waals surface area contributed by atoms with Crippen molar-refractivity contribution in [1.82, 2.24) is 5.32 Å². The molecule has 0 radical (unpaired) electrons. The predicted molar refractivity (Wildman–Crippen MR) is 56.8 cm³/mol. The van der Waals surface area contributed by atoms with E-state index in [9.17, 15) is 19.3 Å². The predicted octanol–water partition coefficient (Wildman–Crippen LogP) is 0.996. The number of carbonyl (C=O) groups is 1. The van der Waals surface area contributed by atoms with Gasteiger partial charge in [0.05, 0.1) is 24.1 Å². The molecule has 0 aromatic heterocycles. The summed E-state index contributed by atoms with van der Waals surface area (Å²) >= 11 is 0. The first-order chi connectivity index (χ1) is 8.06. The average Bonchev–Trinajstić information content (AvgIpc) is 2.30. The summed E-state index contributed by atoms with van der Waals surface area (Å²) in [6.07, 6.45) is 0. The molecule has 0 unspecified atom stereocenters. The van der Waals surface area contributed by atoms with Crippen LogP contribution in [0.1, 0.15) is 5.56 Å². The maximum atomic E-state index is 13.4. The van der Waals surface area contributed by atoms with E-state index >= 15 is 0 Å². The number of carbonyl (C=O) groups excluding carboxylic acids is 1. The van der Waals surface area contributed by atoms with Crippen molar-refractivity contribution in [1.29, 1.82) is 0 Å². The van der Waals surface area contributed by atoms with E-state index in [2.05, 4.69) is 10.1 Å². The number of esters is 1. The Hall–Kier alpha value is -2.02. The molecule has 92 valence electrons. The molecule has 1 N–H and O–H groups in total. The highest BCUT2D eigenvalue weighted by molar-refractivity contribution is 5.71. The normalized spacial score (nSPS) is 10.0. The summed E-state index contributed by atoms with van der Waals surface area (Å²) < 4.78 is 17.7. The Kier molecular flexibility index (Phi) is 4.53. The molecule has 1 rings (SSSR count). The smallest absolute Gasteiger partial charge is 0.319 e. The van der Waals surface area contributed by atoms with Gasteiger partial charge in [0.1, 0.15) is 5.82 Å². The highest BCUT2D eigenvalue weighted by atomic mass is 19.1. The van der Waals surface area contributed by atoms with E-state index in [4.69, 9.17) is 0 Å². The number of benzene rings is 1. The molecule has 0 aliphatic heterocycles. The van der Waals surface area contributed by atoms with Gasteiger partial charge in [0, 0.05) is 12.6 Å². The summed E-state index contributed by atoms with van der Waals surface area (Å²) in [6.45, 7) is -0.250. The standard InChI is InChI=1S/C10H11FN2O4/c1-17-10(14)6-12-5-7-8(11)3-2-4-9(7)13(15)16/h2-4,12H,5-6H2,1H3. The van der Waals surface area contributed by atoms with Crippen molar-refractivity contribution in [2.45, 2.75) is 6.54 Å². The number of methoxy groups -OCH3 is 1. The molecule has 0 atom stereocenters. The van der Waals surface area contributed by atoms with Crippen LogP contribution >= 0.6 is 0 Å². The Morgan fingerprint density at radius 1 is 1.59 bits per heavy atom. The fourth-order valence-corrected chi connectivity index (χ4v) is 1.26. The van der Waals surface area contributed by atoms with Crippen LogP contribution in [0.15, 0.2) is 18.2 Å². The van der Waals surface area contributed by atoms with Crippen molar-refractivity contribution < 1.29 is 18.8 Å². The molecule has 1 aromatic rings. The maximum Gasteiger partial charge on any atom is 0.319 e. The van der Waals surface area contributed by atoms with Gasteiger partial charge in [-0.05, 0) is 6.07 Å². The van der Waals surface area contributed by atoms with E-state index < -0.39 is 16.7 Å². The molecule has 0 aliphatic carbocycles. The molecule has 7 heteroatoms. The van der Waals surface area contributed by atoms with Crippen molar-refractivity contribution in [2.24, 2.45) is 0 Å². The van der Waals surface area contributed by atoms with Crippen LogP contribution in [0.25, 0.3) is 0 Å². The third kappa shape index (κ3) is 3.49. The van der Waals surface area contributed by atoms with Crippen molar-refractivity contribution in [2.75, 3.05) is 13.7 Å². The molecule has 0 saturated heterocycles. The van der Waals surface area contributed by atoms with Gasteiger partial charge in [-0.15, -0.1) is 0 Å². The number of rotatable bonds is 5. The van der Waals surface area contributed by atoms with Crippen LogP contribution in [0.5, 0.6) is 0 Å². The molecular weight excluding hydrogens is 231 g/mol. The zero-order valence-electron chi connectivity index (χ0n) is 9.10. The van der Waals surface area contributed by atoms with Gasteiger partial charge >= 0.3 is 5.97 Å².